The van der Waals surface area contributed by atoms with E-state index >= 15 is 0 Å². The van der Waals surface area contributed by atoms with Crippen LogP contribution in [0.5, 0.6) is 0 Å². The minimum Gasteiger partial charge on any atom is -0.370 e. The first-order valence-electron chi connectivity index (χ1n) is 8.13. The summed E-state index contributed by atoms with van der Waals surface area (Å²) >= 11 is 0. The van der Waals surface area contributed by atoms with Crippen molar-refractivity contribution in [2.75, 3.05) is 18.0 Å². The number of nitro benzene ring substituents is 1. The van der Waals surface area contributed by atoms with Crippen LogP contribution in [-0.4, -0.2) is 18.0 Å². The number of hydrogen-bond donors (Lipinski definition) is 0. The summed E-state index contributed by atoms with van der Waals surface area (Å²) in [5, 5.41) is 11.6. The van der Waals surface area contributed by atoms with E-state index in [2.05, 4.69) is 29.2 Å². The molecule has 2 aliphatic heterocycles. The Balaban J connectivity index is 1.78. The molecule has 2 heterocycles. The summed E-state index contributed by atoms with van der Waals surface area (Å²) in [5.74, 6) is 1.83. The fourth-order valence-electron chi connectivity index (χ4n) is 5.02. The Morgan fingerprint density at radius 2 is 1.73 bits per heavy atom. The minimum absolute atomic E-state index is 0.196. The number of anilines is 1. The predicted octanol–water partition coefficient (Wildman–Crippen LogP) is 3.75. The van der Waals surface area contributed by atoms with Crippen LogP contribution in [0.1, 0.15) is 35.8 Å². The normalized spacial score (nSPS) is 33.5. The molecule has 0 saturated carbocycles. The lowest BCUT2D eigenvalue weighted by Crippen LogP contribution is -2.43. The van der Waals surface area contributed by atoms with Crippen molar-refractivity contribution in [1.82, 2.24) is 0 Å². The van der Waals surface area contributed by atoms with Gasteiger partial charge in [0.05, 0.1) is 16.2 Å². The lowest BCUT2D eigenvalue weighted by atomic mass is 9.74. The number of nitro groups is 1. The molecule has 0 saturated heterocycles. The highest BCUT2D eigenvalue weighted by molar-refractivity contribution is 5.73. The lowest BCUT2D eigenvalue weighted by Gasteiger charge is -2.45. The van der Waals surface area contributed by atoms with Crippen LogP contribution in [0.3, 0.4) is 0 Å². The van der Waals surface area contributed by atoms with E-state index < -0.39 is 0 Å². The molecule has 1 aromatic rings. The zero-order valence-electron chi connectivity index (χ0n) is 12.3. The Morgan fingerprint density at radius 3 is 2.45 bits per heavy atom. The van der Waals surface area contributed by atoms with Gasteiger partial charge >= 0.3 is 0 Å². The van der Waals surface area contributed by atoms with Crippen molar-refractivity contribution >= 4 is 11.4 Å². The Hall–Kier alpha value is -2.10. The number of benzene rings is 1. The van der Waals surface area contributed by atoms with Gasteiger partial charge in [0.2, 0.25) is 0 Å². The molecule has 5 rings (SSSR count). The lowest BCUT2D eigenvalue weighted by molar-refractivity contribution is -0.385. The van der Waals surface area contributed by atoms with E-state index in [0.29, 0.717) is 23.4 Å². The van der Waals surface area contributed by atoms with Crippen LogP contribution in [0.15, 0.2) is 36.4 Å². The van der Waals surface area contributed by atoms with Gasteiger partial charge in [0.25, 0.3) is 5.69 Å². The molecule has 4 nitrogen and oxygen atoms in total. The number of fused-ring (bicyclic) bond motifs is 4. The second-order valence-electron chi connectivity index (χ2n) is 7.00. The van der Waals surface area contributed by atoms with Crippen molar-refractivity contribution in [2.24, 2.45) is 11.8 Å². The van der Waals surface area contributed by atoms with Gasteiger partial charge in [-0.05, 0) is 36.3 Å². The van der Waals surface area contributed by atoms with E-state index in [1.54, 1.807) is 6.07 Å². The maximum absolute atomic E-state index is 11.6. The topological polar surface area (TPSA) is 46.4 Å². The molecule has 0 spiro atoms. The van der Waals surface area contributed by atoms with Crippen LogP contribution in [0.25, 0.3) is 0 Å². The molecule has 22 heavy (non-hydrogen) atoms. The molecule has 1 aromatic carbocycles. The maximum atomic E-state index is 11.6. The molecule has 0 radical (unpaired) electrons. The fraction of sp³-hybridized carbons (Fsp3) is 0.444. The quantitative estimate of drug-likeness (QED) is 0.450. The van der Waals surface area contributed by atoms with Gasteiger partial charge in [0.15, 0.2) is 0 Å². The Bertz CT molecular complexity index is 735. The molecule has 112 valence electrons. The van der Waals surface area contributed by atoms with Crippen molar-refractivity contribution in [3.63, 3.8) is 0 Å². The van der Waals surface area contributed by atoms with Gasteiger partial charge in [0, 0.05) is 31.0 Å². The molecule has 4 aliphatic rings. The number of nitrogens with zero attached hydrogens (tertiary/aromatic N) is 2. The molecule has 4 heteroatoms. The highest BCUT2D eigenvalue weighted by Gasteiger charge is 2.45. The molecule has 0 N–H and O–H groups in total. The average molecular weight is 294 g/mol. The van der Waals surface area contributed by atoms with Crippen molar-refractivity contribution in [3.05, 3.63) is 57.7 Å². The first-order valence-corrected chi connectivity index (χ1v) is 8.13. The molecular weight excluding hydrogens is 276 g/mol. The van der Waals surface area contributed by atoms with E-state index in [0.717, 1.165) is 31.5 Å². The number of hydrogen-bond acceptors (Lipinski definition) is 3. The Labute approximate surface area is 129 Å². The first-order chi connectivity index (χ1) is 10.7. The predicted molar refractivity (Wildman–Crippen MR) is 85.3 cm³/mol. The molecule has 0 unspecified atom stereocenters. The summed E-state index contributed by atoms with van der Waals surface area (Å²) in [6.45, 7) is 2.09. The van der Waals surface area contributed by atoms with E-state index in [1.165, 1.54) is 11.3 Å². The van der Waals surface area contributed by atoms with E-state index in [1.807, 2.05) is 6.07 Å². The standard InChI is InChI=1S/C18H18N2O2/c21-20(22)16-8-7-15-13-5-1-3-11(13)9-19-10-12-4-2-6-14(12)17(16)18(15)19/h1-2,5-8,11-14H,3-4,9-10H2/t11-,12-,13-,14+/m1/s1. The second-order valence-corrected chi connectivity index (χ2v) is 7.00. The van der Waals surface area contributed by atoms with Crippen LogP contribution < -0.4 is 4.90 Å². The van der Waals surface area contributed by atoms with Crippen LogP contribution in [-0.2, 0) is 0 Å². The number of rotatable bonds is 1. The maximum Gasteiger partial charge on any atom is 0.275 e. The zero-order chi connectivity index (χ0) is 14.8. The fourth-order valence-corrected chi connectivity index (χ4v) is 5.02. The molecule has 2 aliphatic carbocycles. The SMILES string of the molecule is O=[N+]([O-])c1ccc2c3c1[C@H]1C=CC[C@@H]1CN3C[C@H]1CC=C[C@@H]21. The molecule has 0 fully saturated rings. The highest BCUT2D eigenvalue weighted by Crippen LogP contribution is 2.55. The van der Waals surface area contributed by atoms with E-state index in [9.17, 15) is 10.1 Å². The Kier molecular flexibility index (Phi) is 2.38. The van der Waals surface area contributed by atoms with Crippen molar-refractivity contribution < 1.29 is 4.92 Å². The zero-order valence-corrected chi connectivity index (χ0v) is 12.3. The molecule has 0 bridgehead atoms. The molecule has 0 amide bonds. The van der Waals surface area contributed by atoms with Gasteiger partial charge in [-0.25, -0.2) is 0 Å². The third kappa shape index (κ3) is 1.47. The Morgan fingerprint density at radius 1 is 1.05 bits per heavy atom. The smallest absolute Gasteiger partial charge is 0.275 e. The van der Waals surface area contributed by atoms with Crippen molar-refractivity contribution in [3.8, 4) is 0 Å². The van der Waals surface area contributed by atoms with Crippen molar-refractivity contribution in [2.45, 2.75) is 24.7 Å². The summed E-state index contributed by atoms with van der Waals surface area (Å²) in [6.07, 6.45) is 11.2. The molecular formula is C18H18N2O2. The van der Waals surface area contributed by atoms with E-state index in [-0.39, 0.29) is 10.8 Å². The highest BCUT2D eigenvalue weighted by atomic mass is 16.6. The summed E-state index contributed by atoms with van der Waals surface area (Å²) in [5.41, 5.74) is 3.77. The third-order valence-electron chi connectivity index (χ3n) is 5.92. The van der Waals surface area contributed by atoms with Crippen LogP contribution in [0.2, 0.25) is 0 Å². The van der Waals surface area contributed by atoms with Crippen LogP contribution in [0.4, 0.5) is 11.4 Å². The largest absolute Gasteiger partial charge is 0.370 e. The van der Waals surface area contributed by atoms with Crippen LogP contribution >= 0.6 is 0 Å². The third-order valence-corrected chi connectivity index (χ3v) is 5.92. The van der Waals surface area contributed by atoms with Gasteiger partial charge in [-0.3, -0.25) is 10.1 Å². The monoisotopic (exact) mass is 294 g/mol. The van der Waals surface area contributed by atoms with Gasteiger partial charge < -0.3 is 4.90 Å². The molecule has 0 aromatic heterocycles. The van der Waals surface area contributed by atoms with E-state index in [4.69, 9.17) is 0 Å². The van der Waals surface area contributed by atoms with Crippen molar-refractivity contribution in [1.29, 1.82) is 0 Å². The summed E-state index contributed by atoms with van der Waals surface area (Å²) in [7, 11) is 0. The molecule has 4 atom stereocenters. The summed E-state index contributed by atoms with van der Waals surface area (Å²) < 4.78 is 0. The summed E-state index contributed by atoms with van der Waals surface area (Å²) in [6, 6.07) is 3.75. The second kappa shape index (κ2) is 4.22. The number of allylic oxidation sites excluding steroid dienone is 4. The van der Waals surface area contributed by atoms with Gasteiger partial charge in [0.1, 0.15) is 0 Å². The first kappa shape index (κ1) is 12.4. The minimum atomic E-state index is -0.196. The average Bonchev–Trinajstić information content (AvgIpc) is 3.15. The summed E-state index contributed by atoms with van der Waals surface area (Å²) in [4.78, 5) is 13.8. The van der Waals surface area contributed by atoms with Crippen LogP contribution in [0, 0.1) is 22.0 Å². The van der Waals surface area contributed by atoms with Gasteiger partial charge in [-0.15, -0.1) is 0 Å². The van der Waals surface area contributed by atoms with Gasteiger partial charge in [-0.2, -0.15) is 0 Å². The van der Waals surface area contributed by atoms with Gasteiger partial charge in [-0.1, -0.05) is 24.3 Å².